The molecule has 7 nitrogen and oxygen atoms in total. The van der Waals surface area contributed by atoms with Gasteiger partial charge in [0.05, 0.1) is 25.4 Å². The van der Waals surface area contributed by atoms with E-state index in [-0.39, 0.29) is 17.2 Å². The Morgan fingerprint density at radius 1 is 1.09 bits per heavy atom. The van der Waals surface area contributed by atoms with Crippen LogP contribution in [0, 0.1) is 12.3 Å². The zero-order valence-electron chi connectivity index (χ0n) is 19.0. The molecule has 1 aromatic heterocycles. The van der Waals surface area contributed by atoms with Gasteiger partial charge >= 0.3 is 0 Å². The molecule has 2 saturated heterocycles. The number of amides is 2. The van der Waals surface area contributed by atoms with Gasteiger partial charge in [0, 0.05) is 54.9 Å². The van der Waals surface area contributed by atoms with E-state index in [0.29, 0.717) is 81.6 Å². The molecule has 0 atom stereocenters. The highest BCUT2D eigenvalue weighted by atomic mass is 35.5. The average Bonchev–Trinajstić information content (AvgIpc) is 2.84. The summed E-state index contributed by atoms with van der Waals surface area (Å²) in [7, 11) is 0. The third kappa shape index (κ3) is 6.03. The molecule has 2 aliphatic heterocycles. The van der Waals surface area contributed by atoms with Crippen molar-refractivity contribution in [2.45, 2.75) is 26.2 Å². The highest BCUT2D eigenvalue weighted by Gasteiger charge is 2.40. The lowest BCUT2D eigenvalue weighted by Gasteiger charge is -2.42. The lowest BCUT2D eigenvalue weighted by Crippen LogP contribution is -2.49. The number of carbonyl (C=O) groups excluding carboxylic acids is 2. The summed E-state index contributed by atoms with van der Waals surface area (Å²) in [5.74, 6) is 0.784. The average molecular weight is 472 g/mol. The second-order valence-corrected chi connectivity index (χ2v) is 9.33. The van der Waals surface area contributed by atoms with Gasteiger partial charge in [0.15, 0.2) is 0 Å². The number of aryl methyl sites for hydroxylation is 1. The maximum absolute atomic E-state index is 13.1. The van der Waals surface area contributed by atoms with Gasteiger partial charge in [-0.05, 0) is 50.1 Å². The number of morpholine rings is 1. The number of pyridine rings is 1. The van der Waals surface area contributed by atoms with E-state index < -0.39 is 0 Å². The number of rotatable bonds is 6. The fourth-order valence-corrected chi connectivity index (χ4v) is 4.55. The van der Waals surface area contributed by atoms with Gasteiger partial charge in [-0.2, -0.15) is 0 Å². The van der Waals surface area contributed by atoms with Crippen molar-refractivity contribution in [2.75, 3.05) is 46.0 Å². The number of carbonyl (C=O) groups is 2. The number of piperidine rings is 1. The van der Waals surface area contributed by atoms with Crippen LogP contribution in [0.2, 0.25) is 5.02 Å². The minimum Gasteiger partial charge on any atom is -0.493 e. The number of likely N-dealkylation sites (tertiary alicyclic amines) is 1. The van der Waals surface area contributed by atoms with Gasteiger partial charge in [0.2, 0.25) is 5.91 Å². The van der Waals surface area contributed by atoms with Gasteiger partial charge < -0.3 is 19.3 Å². The van der Waals surface area contributed by atoms with Crippen LogP contribution in [0.3, 0.4) is 0 Å². The molecule has 4 rings (SSSR count). The summed E-state index contributed by atoms with van der Waals surface area (Å²) in [6.07, 6.45) is 3.40. The van der Waals surface area contributed by atoms with E-state index in [0.717, 1.165) is 5.69 Å². The van der Waals surface area contributed by atoms with Gasteiger partial charge in [-0.1, -0.05) is 17.7 Å². The molecule has 0 unspecified atom stereocenters. The fourth-order valence-electron chi connectivity index (χ4n) is 4.37. The van der Waals surface area contributed by atoms with Gasteiger partial charge in [0.25, 0.3) is 5.91 Å². The molecule has 0 radical (unpaired) electrons. The number of hydrogen-bond donors (Lipinski definition) is 0. The van der Waals surface area contributed by atoms with Crippen molar-refractivity contribution in [3.8, 4) is 5.75 Å². The lowest BCUT2D eigenvalue weighted by atomic mass is 9.75. The van der Waals surface area contributed by atoms with Crippen LogP contribution in [0.4, 0.5) is 0 Å². The van der Waals surface area contributed by atoms with Crippen molar-refractivity contribution in [2.24, 2.45) is 5.41 Å². The predicted molar refractivity (Wildman–Crippen MR) is 126 cm³/mol. The Hall–Kier alpha value is -2.64. The number of aromatic nitrogens is 1. The molecule has 0 spiro atoms. The zero-order chi connectivity index (χ0) is 23.3. The van der Waals surface area contributed by atoms with Crippen LogP contribution in [0.15, 0.2) is 42.6 Å². The van der Waals surface area contributed by atoms with Crippen LogP contribution < -0.4 is 4.74 Å². The normalized spacial score (nSPS) is 18.1. The van der Waals surface area contributed by atoms with Crippen LogP contribution in [-0.4, -0.2) is 72.6 Å². The smallest absolute Gasteiger partial charge is 0.255 e. The van der Waals surface area contributed by atoms with E-state index in [2.05, 4.69) is 4.98 Å². The Kier molecular flexibility index (Phi) is 7.50. The Morgan fingerprint density at radius 2 is 1.85 bits per heavy atom. The molecular weight excluding hydrogens is 442 g/mol. The van der Waals surface area contributed by atoms with E-state index in [1.54, 1.807) is 18.3 Å². The molecule has 176 valence electrons. The third-order valence-electron chi connectivity index (χ3n) is 6.50. The van der Waals surface area contributed by atoms with E-state index in [1.165, 1.54) is 0 Å². The third-order valence-corrected chi connectivity index (χ3v) is 6.74. The largest absolute Gasteiger partial charge is 0.493 e. The minimum absolute atomic E-state index is 0.0219. The second-order valence-electron chi connectivity index (χ2n) is 8.90. The first-order valence-corrected chi connectivity index (χ1v) is 11.8. The van der Waals surface area contributed by atoms with E-state index in [1.807, 2.05) is 41.0 Å². The summed E-state index contributed by atoms with van der Waals surface area (Å²) in [5, 5.41) is 0.609. The molecule has 2 aromatic rings. The zero-order valence-corrected chi connectivity index (χ0v) is 19.7. The quantitative estimate of drug-likeness (QED) is 0.643. The number of halogens is 1. The molecule has 0 N–H and O–H groups in total. The van der Waals surface area contributed by atoms with E-state index >= 15 is 0 Å². The maximum atomic E-state index is 13.1. The van der Waals surface area contributed by atoms with Gasteiger partial charge in [0.1, 0.15) is 5.75 Å². The van der Waals surface area contributed by atoms with Gasteiger partial charge in [-0.3, -0.25) is 14.6 Å². The van der Waals surface area contributed by atoms with Crippen LogP contribution in [-0.2, 0) is 9.53 Å². The molecule has 2 amide bonds. The van der Waals surface area contributed by atoms with Crippen LogP contribution in [0.5, 0.6) is 5.75 Å². The monoisotopic (exact) mass is 471 g/mol. The first kappa shape index (κ1) is 23.5. The highest BCUT2D eigenvalue weighted by molar-refractivity contribution is 6.30. The molecule has 33 heavy (non-hydrogen) atoms. The summed E-state index contributed by atoms with van der Waals surface area (Å²) >= 11 is 6.11. The van der Waals surface area contributed by atoms with Crippen molar-refractivity contribution >= 4 is 23.4 Å². The first-order chi connectivity index (χ1) is 15.9. The van der Waals surface area contributed by atoms with Crippen LogP contribution >= 0.6 is 11.6 Å². The Bertz CT molecular complexity index is 968. The topological polar surface area (TPSA) is 72.0 Å². The molecular formula is C25H30ClN3O4. The van der Waals surface area contributed by atoms with Gasteiger partial charge in [-0.15, -0.1) is 0 Å². The minimum atomic E-state index is -0.347. The first-order valence-electron chi connectivity index (χ1n) is 11.4. The maximum Gasteiger partial charge on any atom is 0.255 e. The summed E-state index contributed by atoms with van der Waals surface area (Å²) in [5.41, 5.74) is 1.12. The molecule has 0 bridgehead atoms. The van der Waals surface area contributed by atoms with Crippen molar-refractivity contribution in [3.63, 3.8) is 0 Å². The van der Waals surface area contributed by atoms with Crippen molar-refractivity contribution in [1.82, 2.24) is 14.8 Å². The summed E-state index contributed by atoms with van der Waals surface area (Å²) < 4.78 is 11.5. The number of ether oxygens (including phenoxy) is 2. The van der Waals surface area contributed by atoms with Crippen LogP contribution in [0.25, 0.3) is 0 Å². The molecule has 0 saturated carbocycles. The Balaban J connectivity index is 1.45. The molecule has 1 aromatic carbocycles. The van der Waals surface area contributed by atoms with Crippen molar-refractivity contribution < 1.29 is 19.1 Å². The van der Waals surface area contributed by atoms with Crippen molar-refractivity contribution in [3.05, 3.63) is 58.9 Å². The molecule has 8 heteroatoms. The van der Waals surface area contributed by atoms with Crippen LogP contribution in [0.1, 0.15) is 35.3 Å². The Labute approximate surface area is 199 Å². The summed E-state index contributed by atoms with van der Waals surface area (Å²) in [6.45, 7) is 5.83. The summed E-state index contributed by atoms with van der Waals surface area (Å²) in [6, 6.07) is 11.0. The molecule has 2 aliphatic rings. The van der Waals surface area contributed by atoms with E-state index in [4.69, 9.17) is 21.1 Å². The Morgan fingerprint density at radius 3 is 2.52 bits per heavy atom. The number of benzene rings is 1. The lowest BCUT2D eigenvalue weighted by molar-refractivity contribution is -0.139. The van der Waals surface area contributed by atoms with Gasteiger partial charge in [-0.25, -0.2) is 0 Å². The standard InChI is InChI=1S/C25H30ClN3O4/c1-19-5-6-20(17-27-19)24(31)29-9-7-25(8-10-29,16-23(30)28-11-13-32-14-12-28)18-33-22-4-2-3-21(26)15-22/h2-6,15,17H,7-14,16,18H2,1H3. The summed E-state index contributed by atoms with van der Waals surface area (Å²) in [4.78, 5) is 34.0. The molecule has 3 heterocycles. The highest BCUT2D eigenvalue weighted by Crippen LogP contribution is 2.37. The predicted octanol–water partition coefficient (Wildman–Crippen LogP) is 3.59. The fraction of sp³-hybridized carbons (Fsp3) is 0.480. The number of nitrogens with zero attached hydrogens (tertiary/aromatic N) is 3. The molecule has 2 fully saturated rings. The number of hydrogen-bond acceptors (Lipinski definition) is 5. The SMILES string of the molecule is Cc1ccc(C(=O)N2CCC(COc3cccc(Cl)c3)(CC(=O)N3CCOCC3)CC2)cn1. The molecule has 0 aliphatic carbocycles. The van der Waals surface area contributed by atoms with E-state index in [9.17, 15) is 9.59 Å². The van der Waals surface area contributed by atoms with Crippen molar-refractivity contribution in [1.29, 1.82) is 0 Å². The second kappa shape index (κ2) is 10.5.